The lowest BCUT2D eigenvalue weighted by molar-refractivity contribution is -0.151. The molecule has 0 amide bonds. The van der Waals surface area contributed by atoms with Crippen LogP contribution in [0.15, 0.2) is 0 Å². The first kappa shape index (κ1) is 11.0. The molecule has 2 spiro atoms. The molecule has 1 saturated carbocycles. The maximum absolute atomic E-state index is 6.23. The van der Waals surface area contributed by atoms with Crippen LogP contribution in [0.3, 0.4) is 0 Å². The third kappa shape index (κ3) is 2.01. The predicted molar refractivity (Wildman–Crippen MR) is 62.3 cm³/mol. The number of hydrogen-bond acceptors (Lipinski definition) is 3. The molecule has 2 heterocycles. The van der Waals surface area contributed by atoms with Gasteiger partial charge < -0.3 is 9.47 Å². The highest BCUT2D eigenvalue weighted by molar-refractivity contribution is 4.94. The van der Waals surface area contributed by atoms with Crippen molar-refractivity contribution >= 4 is 0 Å². The molecule has 3 nitrogen and oxygen atoms in total. The van der Waals surface area contributed by atoms with E-state index in [1.54, 1.807) is 0 Å². The lowest BCUT2D eigenvalue weighted by Crippen LogP contribution is -2.58. The Hall–Kier alpha value is -0.120. The average molecular weight is 225 g/mol. The van der Waals surface area contributed by atoms with E-state index in [0.29, 0.717) is 5.41 Å². The average Bonchev–Trinajstić information content (AvgIpc) is 2.65. The van der Waals surface area contributed by atoms with Gasteiger partial charge in [-0.15, -0.1) is 0 Å². The van der Waals surface area contributed by atoms with Crippen LogP contribution in [-0.2, 0) is 9.47 Å². The first-order valence-electron chi connectivity index (χ1n) is 6.80. The number of rotatable bonds is 0. The minimum absolute atomic E-state index is 0.0513. The molecule has 1 aliphatic carbocycles. The summed E-state index contributed by atoms with van der Waals surface area (Å²) >= 11 is 0. The van der Waals surface area contributed by atoms with Crippen molar-refractivity contribution < 1.29 is 9.47 Å². The van der Waals surface area contributed by atoms with Crippen LogP contribution in [-0.4, -0.2) is 32.1 Å². The number of hydrogen-bond donors (Lipinski definition) is 1. The van der Waals surface area contributed by atoms with Gasteiger partial charge in [0.05, 0.1) is 13.2 Å². The van der Waals surface area contributed by atoms with Gasteiger partial charge in [-0.25, -0.2) is 0 Å². The smallest absolute Gasteiger partial charge is 0.121 e. The third-order valence-corrected chi connectivity index (χ3v) is 4.62. The van der Waals surface area contributed by atoms with Crippen molar-refractivity contribution in [3.05, 3.63) is 0 Å². The van der Waals surface area contributed by atoms with Crippen LogP contribution in [0.5, 0.6) is 0 Å². The van der Waals surface area contributed by atoms with Gasteiger partial charge in [-0.05, 0) is 25.7 Å². The Bertz CT molecular complexity index is 228. The zero-order chi connectivity index (χ0) is 10.9. The molecule has 2 saturated heterocycles. The zero-order valence-electron chi connectivity index (χ0n) is 10.1. The fourth-order valence-corrected chi connectivity index (χ4v) is 3.43. The fourth-order valence-electron chi connectivity index (χ4n) is 3.43. The lowest BCUT2D eigenvalue weighted by atomic mass is 9.84. The van der Waals surface area contributed by atoms with E-state index in [4.69, 9.17) is 9.47 Å². The van der Waals surface area contributed by atoms with Crippen molar-refractivity contribution in [3.8, 4) is 0 Å². The van der Waals surface area contributed by atoms with Gasteiger partial charge in [-0.3, -0.25) is 5.32 Å². The molecule has 0 aromatic carbocycles. The second kappa shape index (κ2) is 4.28. The van der Waals surface area contributed by atoms with E-state index < -0.39 is 0 Å². The van der Waals surface area contributed by atoms with E-state index in [1.165, 1.54) is 25.7 Å². The van der Waals surface area contributed by atoms with Crippen LogP contribution in [0.25, 0.3) is 0 Å². The van der Waals surface area contributed by atoms with Crippen molar-refractivity contribution in [1.82, 2.24) is 5.32 Å². The van der Waals surface area contributed by atoms with Gasteiger partial charge >= 0.3 is 0 Å². The van der Waals surface area contributed by atoms with Gasteiger partial charge in [0.1, 0.15) is 5.72 Å². The molecule has 1 unspecified atom stereocenters. The van der Waals surface area contributed by atoms with Gasteiger partial charge in [0.15, 0.2) is 0 Å². The van der Waals surface area contributed by atoms with Crippen molar-refractivity contribution in [2.24, 2.45) is 5.41 Å². The maximum atomic E-state index is 6.23. The Labute approximate surface area is 97.9 Å². The molecule has 3 heteroatoms. The Morgan fingerprint density at radius 1 is 0.875 bits per heavy atom. The summed E-state index contributed by atoms with van der Waals surface area (Å²) in [6.45, 7) is 3.88. The van der Waals surface area contributed by atoms with E-state index in [0.717, 1.165) is 45.6 Å². The Morgan fingerprint density at radius 3 is 2.50 bits per heavy atom. The Kier molecular flexibility index (Phi) is 2.94. The van der Waals surface area contributed by atoms with Gasteiger partial charge in [-0.1, -0.05) is 12.8 Å². The topological polar surface area (TPSA) is 30.5 Å². The number of ether oxygens (including phenoxy) is 2. The third-order valence-electron chi connectivity index (χ3n) is 4.62. The maximum Gasteiger partial charge on any atom is 0.121 e. The van der Waals surface area contributed by atoms with E-state index in [2.05, 4.69) is 5.32 Å². The molecule has 1 atom stereocenters. The highest BCUT2D eigenvalue weighted by Gasteiger charge is 2.44. The van der Waals surface area contributed by atoms with Crippen molar-refractivity contribution in [3.63, 3.8) is 0 Å². The first-order chi connectivity index (χ1) is 7.83. The van der Waals surface area contributed by atoms with Crippen LogP contribution in [0, 0.1) is 5.41 Å². The van der Waals surface area contributed by atoms with E-state index in [-0.39, 0.29) is 5.72 Å². The molecule has 0 aromatic rings. The summed E-state index contributed by atoms with van der Waals surface area (Å²) in [6.07, 6.45) is 8.74. The molecule has 0 bridgehead atoms. The molecule has 92 valence electrons. The minimum Gasteiger partial charge on any atom is -0.381 e. The second-order valence-corrected chi connectivity index (χ2v) is 5.81. The van der Waals surface area contributed by atoms with Gasteiger partial charge in [0, 0.05) is 25.0 Å². The van der Waals surface area contributed by atoms with Gasteiger partial charge in [0.25, 0.3) is 0 Å². The Morgan fingerprint density at radius 2 is 1.75 bits per heavy atom. The summed E-state index contributed by atoms with van der Waals surface area (Å²) in [7, 11) is 0. The monoisotopic (exact) mass is 225 g/mol. The second-order valence-electron chi connectivity index (χ2n) is 5.81. The van der Waals surface area contributed by atoms with Crippen molar-refractivity contribution in [1.29, 1.82) is 0 Å². The molecule has 3 fully saturated rings. The van der Waals surface area contributed by atoms with Gasteiger partial charge in [0.2, 0.25) is 0 Å². The molecule has 1 N–H and O–H groups in total. The Balaban J connectivity index is 1.63. The SMILES string of the molecule is C1CCC2(C1)CNC1(CCCOCC1)OC2. The summed E-state index contributed by atoms with van der Waals surface area (Å²) in [5, 5.41) is 3.70. The summed E-state index contributed by atoms with van der Waals surface area (Å²) in [5.41, 5.74) is 0.419. The normalized spacial score (nSPS) is 39.0. The van der Waals surface area contributed by atoms with Crippen LogP contribution in [0.4, 0.5) is 0 Å². The largest absolute Gasteiger partial charge is 0.381 e. The van der Waals surface area contributed by atoms with E-state index in [9.17, 15) is 0 Å². The standard InChI is InChI=1S/C13H23NO2/c1-2-5-12(4-1)10-14-13(16-11-12)6-3-8-15-9-7-13/h14H,1-11H2. The molecular formula is C13H23NO2. The summed E-state index contributed by atoms with van der Waals surface area (Å²) in [4.78, 5) is 0. The minimum atomic E-state index is -0.0513. The fraction of sp³-hybridized carbons (Fsp3) is 1.00. The summed E-state index contributed by atoms with van der Waals surface area (Å²) in [6, 6.07) is 0. The molecule has 0 radical (unpaired) electrons. The van der Waals surface area contributed by atoms with Crippen LogP contribution in [0.1, 0.15) is 44.9 Å². The molecule has 3 rings (SSSR count). The highest BCUT2D eigenvalue weighted by Crippen LogP contribution is 2.42. The van der Waals surface area contributed by atoms with E-state index >= 15 is 0 Å². The van der Waals surface area contributed by atoms with Crippen LogP contribution >= 0.6 is 0 Å². The van der Waals surface area contributed by atoms with Crippen LogP contribution in [0.2, 0.25) is 0 Å². The first-order valence-corrected chi connectivity index (χ1v) is 6.80. The van der Waals surface area contributed by atoms with Crippen molar-refractivity contribution in [2.45, 2.75) is 50.7 Å². The van der Waals surface area contributed by atoms with E-state index in [1.807, 2.05) is 0 Å². The summed E-state index contributed by atoms with van der Waals surface area (Å²) < 4.78 is 11.8. The highest BCUT2D eigenvalue weighted by atomic mass is 16.5. The molecule has 3 aliphatic rings. The quantitative estimate of drug-likeness (QED) is 0.684. The molecule has 2 aliphatic heterocycles. The van der Waals surface area contributed by atoms with Crippen molar-refractivity contribution in [2.75, 3.05) is 26.4 Å². The number of nitrogens with one attached hydrogen (secondary N) is 1. The summed E-state index contributed by atoms with van der Waals surface area (Å²) in [5.74, 6) is 0. The molecule has 0 aromatic heterocycles. The van der Waals surface area contributed by atoms with Crippen LogP contribution < -0.4 is 5.32 Å². The predicted octanol–water partition coefficient (Wildman–Crippen LogP) is 2.06. The van der Waals surface area contributed by atoms with Gasteiger partial charge in [-0.2, -0.15) is 0 Å². The molecular weight excluding hydrogens is 202 g/mol. The lowest BCUT2D eigenvalue weighted by Gasteiger charge is -2.45. The zero-order valence-corrected chi connectivity index (χ0v) is 10.1. The molecule has 16 heavy (non-hydrogen) atoms.